The van der Waals surface area contributed by atoms with Gasteiger partial charge in [-0.2, -0.15) is 0 Å². The van der Waals surface area contributed by atoms with Gasteiger partial charge in [-0.25, -0.2) is 4.79 Å². The Morgan fingerprint density at radius 3 is 2.50 bits per heavy atom. The summed E-state index contributed by atoms with van der Waals surface area (Å²) in [6, 6.07) is 0. The number of carbonyl (C=O) groups is 2. The lowest BCUT2D eigenvalue weighted by molar-refractivity contribution is -0.135. The summed E-state index contributed by atoms with van der Waals surface area (Å²) in [5.74, 6) is -0.266. The molecule has 5 nitrogen and oxygen atoms in total. The second-order valence-electron chi connectivity index (χ2n) is 3.77. The highest BCUT2D eigenvalue weighted by Crippen LogP contribution is 2.29. The van der Waals surface area contributed by atoms with Crippen LogP contribution in [0.1, 0.15) is 19.8 Å². The maximum Gasteiger partial charge on any atom is 0.415 e. The topological polar surface area (TPSA) is 58.6 Å². The minimum absolute atomic E-state index is 0.266. The van der Waals surface area contributed by atoms with Crippen LogP contribution >= 0.6 is 0 Å². The monoisotopic (exact) mass is 198 g/mol. The van der Waals surface area contributed by atoms with Crippen LogP contribution < -0.4 is 5.32 Å². The summed E-state index contributed by atoms with van der Waals surface area (Å²) in [7, 11) is 0. The smallest absolute Gasteiger partial charge is 0.415 e. The molecule has 2 aliphatic heterocycles. The molecule has 0 aliphatic carbocycles. The first-order valence-corrected chi connectivity index (χ1v) is 4.93. The van der Waals surface area contributed by atoms with E-state index in [0.717, 1.165) is 19.6 Å². The minimum Gasteiger partial charge on any atom is -0.432 e. The number of hydrogen-bond donors (Lipinski definition) is 1. The van der Waals surface area contributed by atoms with Gasteiger partial charge in [-0.1, -0.05) is 6.92 Å². The van der Waals surface area contributed by atoms with Crippen molar-refractivity contribution in [3.63, 3.8) is 0 Å². The molecule has 14 heavy (non-hydrogen) atoms. The van der Waals surface area contributed by atoms with Crippen LogP contribution in [0.2, 0.25) is 0 Å². The Labute approximate surface area is 82.4 Å². The number of piperidine rings is 1. The minimum atomic E-state index is -0.858. The number of amides is 2. The van der Waals surface area contributed by atoms with Gasteiger partial charge in [0.2, 0.25) is 0 Å². The maximum atomic E-state index is 11.5. The van der Waals surface area contributed by atoms with Crippen LogP contribution in [0, 0.1) is 0 Å². The van der Waals surface area contributed by atoms with E-state index in [1.165, 1.54) is 0 Å². The molecule has 0 saturated carbocycles. The van der Waals surface area contributed by atoms with Crippen LogP contribution in [0.25, 0.3) is 0 Å². The predicted octanol–water partition coefficient (Wildman–Crippen LogP) is 0.107. The fourth-order valence-corrected chi connectivity index (χ4v) is 2.02. The summed E-state index contributed by atoms with van der Waals surface area (Å²) in [6.45, 7) is 4.69. The van der Waals surface area contributed by atoms with Crippen LogP contribution in [0.15, 0.2) is 0 Å². The molecule has 0 aromatic carbocycles. The van der Waals surface area contributed by atoms with Crippen LogP contribution in [0.4, 0.5) is 4.79 Å². The molecule has 0 unspecified atom stereocenters. The molecule has 0 aromatic heterocycles. The lowest BCUT2D eigenvalue weighted by Crippen LogP contribution is -2.49. The molecule has 0 bridgehead atoms. The normalized spacial score (nSPS) is 26.4. The summed E-state index contributed by atoms with van der Waals surface area (Å²) in [5.41, 5.74) is -0.858. The van der Waals surface area contributed by atoms with Gasteiger partial charge in [0, 0.05) is 25.9 Å². The third kappa shape index (κ3) is 1.37. The average Bonchev–Trinajstić information content (AvgIpc) is 2.43. The Kier molecular flexibility index (Phi) is 2.19. The Morgan fingerprint density at radius 2 is 2.07 bits per heavy atom. The number of alkyl carbamates (subject to hydrolysis) is 1. The highest BCUT2D eigenvalue weighted by Gasteiger charge is 2.50. The van der Waals surface area contributed by atoms with E-state index < -0.39 is 11.7 Å². The Hall–Kier alpha value is -1.10. The summed E-state index contributed by atoms with van der Waals surface area (Å²) >= 11 is 0. The molecule has 1 N–H and O–H groups in total. The number of nitrogens with one attached hydrogen (secondary N) is 1. The van der Waals surface area contributed by atoms with E-state index in [2.05, 4.69) is 17.1 Å². The van der Waals surface area contributed by atoms with E-state index in [9.17, 15) is 9.59 Å². The van der Waals surface area contributed by atoms with Crippen molar-refractivity contribution in [2.24, 2.45) is 0 Å². The van der Waals surface area contributed by atoms with Crippen LogP contribution in [0.5, 0.6) is 0 Å². The van der Waals surface area contributed by atoms with Gasteiger partial charge in [0.25, 0.3) is 5.91 Å². The van der Waals surface area contributed by atoms with Gasteiger partial charge in [0.05, 0.1) is 0 Å². The quantitative estimate of drug-likeness (QED) is 0.649. The van der Waals surface area contributed by atoms with Crippen molar-refractivity contribution in [2.45, 2.75) is 25.4 Å². The molecule has 0 radical (unpaired) electrons. The van der Waals surface area contributed by atoms with Crippen molar-refractivity contribution in [1.82, 2.24) is 10.2 Å². The lowest BCUT2D eigenvalue weighted by atomic mass is 9.91. The number of likely N-dealkylation sites (tertiary alicyclic amines) is 1. The van der Waals surface area contributed by atoms with E-state index >= 15 is 0 Å². The summed E-state index contributed by atoms with van der Waals surface area (Å²) < 4.78 is 5.07. The molecule has 2 amide bonds. The number of rotatable bonds is 1. The van der Waals surface area contributed by atoms with E-state index in [1.807, 2.05) is 0 Å². The van der Waals surface area contributed by atoms with Gasteiger partial charge in [0.1, 0.15) is 0 Å². The first-order chi connectivity index (χ1) is 6.66. The number of hydrogen-bond acceptors (Lipinski definition) is 4. The molecule has 0 atom stereocenters. The maximum absolute atomic E-state index is 11.5. The molecule has 2 rings (SSSR count). The molecule has 2 fully saturated rings. The van der Waals surface area contributed by atoms with Crippen LogP contribution in [0.3, 0.4) is 0 Å². The largest absolute Gasteiger partial charge is 0.432 e. The highest BCUT2D eigenvalue weighted by atomic mass is 16.6. The molecule has 5 heteroatoms. The van der Waals surface area contributed by atoms with E-state index in [-0.39, 0.29) is 5.91 Å². The molecular weight excluding hydrogens is 184 g/mol. The molecule has 2 saturated heterocycles. The molecule has 2 aliphatic rings. The second kappa shape index (κ2) is 3.24. The van der Waals surface area contributed by atoms with E-state index in [4.69, 9.17) is 4.74 Å². The summed E-state index contributed by atoms with van der Waals surface area (Å²) in [4.78, 5) is 24.6. The second-order valence-corrected chi connectivity index (χ2v) is 3.77. The zero-order valence-electron chi connectivity index (χ0n) is 8.21. The fraction of sp³-hybridized carbons (Fsp3) is 0.778. The van der Waals surface area contributed by atoms with E-state index in [0.29, 0.717) is 12.8 Å². The van der Waals surface area contributed by atoms with Crippen LogP contribution in [-0.4, -0.2) is 42.1 Å². The number of ether oxygens (including phenoxy) is 1. The number of nitrogens with zero attached hydrogens (tertiary/aromatic N) is 1. The zero-order chi connectivity index (χ0) is 10.2. The average molecular weight is 198 g/mol. The number of carbonyl (C=O) groups excluding carboxylic acids is 2. The molecule has 1 spiro atoms. The van der Waals surface area contributed by atoms with Crippen molar-refractivity contribution < 1.29 is 14.3 Å². The van der Waals surface area contributed by atoms with Gasteiger partial charge in [-0.15, -0.1) is 0 Å². The third-order valence-corrected chi connectivity index (χ3v) is 3.03. The summed E-state index contributed by atoms with van der Waals surface area (Å²) in [6.07, 6.45) is 0.622. The molecule has 78 valence electrons. The Morgan fingerprint density at radius 1 is 1.43 bits per heavy atom. The molecule has 2 heterocycles. The van der Waals surface area contributed by atoms with Gasteiger partial charge < -0.3 is 9.64 Å². The predicted molar refractivity (Wildman–Crippen MR) is 48.7 cm³/mol. The SMILES string of the molecule is CCN1CCC2(CC1)OC(=O)NC2=O. The first kappa shape index (κ1) is 9.45. The summed E-state index contributed by atoms with van der Waals surface area (Å²) in [5, 5.41) is 2.19. The van der Waals surface area contributed by atoms with Crippen molar-refractivity contribution >= 4 is 12.0 Å². The fourth-order valence-electron chi connectivity index (χ4n) is 2.02. The van der Waals surface area contributed by atoms with Crippen LogP contribution in [-0.2, 0) is 9.53 Å². The van der Waals surface area contributed by atoms with Gasteiger partial charge in [-0.3, -0.25) is 10.1 Å². The lowest BCUT2D eigenvalue weighted by Gasteiger charge is -2.35. The van der Waals surface area contributed by atoms with E-state index in [1.54, 1.807) is 0 Å². The van der Waals surface area contributed by atoms with Crippen molar-refractivity contribution in [3.8, 4) is 0 Å². The van der Waals surface area contributed by atoms with Crippen molar-refractivity contribution in [3.05, 3.63) is 0 Å². The van der Waals surface area contributed by atoms with Gasteiger partial charge in [-0.05, 0) is 6.54 Å². The molecule has 0 aromatic rings. The Bertz CT molecular complexity index is 269. The highest BCUT2D eigenvalue weighted by molar-refractivity contribution is 6.02. The first-order valence-electron chi connectivity index (χ1n) is 4.93. The third-order valence-electron chi connectivity index (χ3n) is 3.03. The van der Waals surface area contributed by atoms with Crippen molar-refractivity contribution in [1.29, 1.82) is 0 Å². The number of imide groups is 1. The Balaban J connectivity index is 2.05. The van der Waals surface area contributed by atoms with Crippen molar-refractivity contribution in [2.75, 3.05) is 19.6 Å². The van der Waals surface area contributed by atoms with Gasteiger partial charge in [0.15, 0.2) is 5.60 Å². The molecular formula is C9H14N2O3. The van der Waals surface area contributed by atoms with Gasteiger partial charge >= 0.3 is 6.09 Å². The zero-order valence-corrected chi connectivity index (χ0v) is 8.21. The standard InChI is InChI=1S/C9H14N2O3/c1-2-11-5-3-9(4-6-11)7(12)10-8(13)14-9/h2-6H2,1H3,(H,10,12,13).